The van der Waals surface area contributed by atoms with Gasteiger partial charge in [0, 0.05) is 34.5 Å². The van der Waals surface area contributed by atoms with Crippen molar-refractivity contribution in [2.24, 2.45) is 0 Å². The van der Waals surface area contributed by atoms with Gasteiger partial charge in [0.15, 0.2) is 0 Å². The molecule has 0 bridgehead atoms. The lowest BCUT2D eigenvalue weighted by atomic mass is 10.1. The van der Waals surface area contributed by atoms with Crippen molar-refractivity contribution in [1.82, 2.24) is 9.78 Å². The van der Waals surface area contributed by atoms with E-state index in [0.717, 1.165) is 11.4 Å². The predicted molar refractivity (Wildman–Crippen MR) is 105 cm³/mol. The third-order valence-electron chi connectivity index (χ3n) is 4.12. The Morgan fingerprint density at radius 1 is 1.17 bits per heavy atom. The van der Waals surface area contributed by atoms with Gasteiger partial charge in [-0.3, -0.25) is 14.8 Å². The summed E-state index contributed by atoms with van der Waals surface area (Å²) < 4.78 is 16.9. The second-order valence-corrected chi connectivity index (χ2v) is 6.39. The number of aromatic nitrogens is 2. The number of esters is 1. The first-order chi connectivity index (χ1) is 13.9. The first kappa shape index (κ1) is 20.1. The van der Waals surface area contributed by atoms with Gasteiger partial charge in [-0.1, -0.05) is 0 Å². The molecule has 0 unspecified atom stereocenters. The van der Waals surface area contributed by atoms with Crippen LogP contribution in [0.2, 0.25) is 0 Å². The standard InChI is InChI=1S/C20H21N3O6/c1-4-27-20(26)21-15-5-6-16-14(8-18(24)29-17(16)9-15)11-28-19(25)10-23-13(3)7-12(2)22-23/h5-9H,4,10-11H2,1-3H3,(H,21,26). The van der Waals surface area contributed by atoms with E-state index in [9.17, 15) is 14.4 Å². The maximum Gasteiger partial charge on any atom is 0.411 e. The van der Waals surface area contributed by atoms with E-state index in [0.29, 0.717) is 16.6 Å². The lowest BCUT2D eigenvalue weighted by Crippen LogP contribution is -2.16. The Morgan fingerprint density at radius 2 is 1.97 bits per heavy atom. The van der Waals surface area contributed by atoms with Crippen molar-refractivity contribution in [3.63, 3.8) is 0 Å². The number of anilines is 1. The zero-order chi connectivity index (χ0) is 21.0. The summed E-state index contributed by atoms with van der Waals surface area (Å²) >= 11 is 0. The van der Waals surface area contributed by atoms with Crippen molar-refractivity contribution in [2.45, 2.75) is 33.9 Å². The van der Waals surface area contributed by atoms with Crippen LogP contribution >= 0.6 is 0 Å². The molecule has 3 aromatic rings. The number of hydrogen-bond donors (Lipinski definition) is 1. The molecule has 1 aromatic carbocycles. The average molecular weight is 399 g/mol. The molecule has 0 spiro atoms. The quantitative estimate of drug-likeness (QED) is 0.501. The van der Waals surface area contributed by atoms with Crippen LogP contribution in [0.1, 0.15) is 23.9 Å². The number of fused-ring (bicyclic) bond motifs is 1. The third-order valence-corrected chi connectivity index (χ3v) is 4.12. The van der Waals surface area contributed by atoms with Crippen LogP contribution in [0.15, 0.2) is 39.5 Å². The maximum atomic E-state index is 12.2. The second kappa shape index (κ2) is 8.59. The number of carbonyl (C=O) groups excluding carboxylic acids is 2. The minimum absolute atomic E-state index is 0.0212. The van der Waals surface area contributed by atoms with Crippen LogP contribution in [0, 0.1) is 13.8 Å². The van der Waals surface area contributed by atoms with Crippen molar-refractivity contribution >= 4 is 28.7 Å². The lowest BCUT2D eigenvalue weighted by molar-refractivity contribution is -0.145. The molecule has 0 aliphatic rings. The van der Waals surface area contributed by atoms with Crippen molar-refractivity contribution in [2.75, 3.05) is 11.9 Å². The van der Waals surface area contributed by atoms with E-state index in [1.54, 1.807) is 23.7 Å². The van der Waals surface area contributed by atoms with Gasteiger partial charge in [0.2, 0.25) is 0 Å². The molecular formula is C20H21N3O6. The number of nitrogens with one attached hydrogen (secondary N) is 1. The van der Waals surface area contributed by atoms with Gasteiger partial charge >= 0.3 is 17.7 Å². The highest BCUT2D eigenvalue weighted by Crippen LogP contribution is 2.22. The first-order valence-corrected chi connectivity index (χ1v) is 9.03. The Balaban J connectivity index is 1.75. The summed E-state index contributed by atoms with van der Waals surface area (Å²) in [6.07, 6.45) is -0.608. The molecule has 2 heterocycles. The third kappa shape index (κ3) is 5.01. The summed E-state index contributed by atoms with van der Waals surface area (Å²) in [4.78, 5) is 35.6. The van der Waals surface area contributed by atoms with E-state index in [2.05, 4.69) is 10.4 Å². The fourth-order valence-electron chi connectivity index (χ4n) is 2.87. The van der Waals surface area contributed by atoms with Crippen molar-refractivity contribution in [3.05, 3.63) is 57.7 Å². The van der Waals surface area contributed by atoms with Crippen molar-refractivity contribution in [3.8, 4) is 0 Å². The number of nitrogens with zero attached hydrogens (tertiary/aromatic N) is 2. The predicted octanol–water partition coefficient (Wildman–Crippen LogP) is 2.92. The van der Waals surface area contributed by atoms with E-state index < -0.39 is 17.7 Å². The second-order valence-electron chi connectivity index (χ2n) is 6.39. The van der Waals surface area contributed by atoms with Gasteiger partial charge in [0.25, 0.3) is 0 Å². The molecule has 9 heteroatoms. The highest BCUT2D eigenvalue weighted by atomic mass is 16.5. The monoisotopic (exact) mass is 399 g/mol. The number of ether oxygens (including phenoxy) is 2. The zero-order valence-electron chi connectivity index (χ0n) is 16.4. The summed E-state index contributed by atoms with van der Waals surface area (Å²) in [6, 6.07) is 7.96. The van der Waals surface area contributed by atoms with Gasteiger partial charge in [-0.05, 0) is 39.0 Å². The molecule has 29 heavy (non-hydrogen) atoms. The Morgan fingerprint density at radius 3 is 2.66 bits per heavy atom. The molecule has 0 radical (unpaired) electrons. The van der Waals surface area contributed by atoms with E-state index in [4.69, 9.17) is 13.9 Å². The normalized spacial score (nSPS) is 10.7. The molecule has 2 aromatic heterocycles. The van der Waals surface area contributed by atoms with Crippen LogP contribution in [-0.2, 0) is 27.4 Å². The van der Waals surface area contributed by atoms with Gasteiger partial charge in [-0.25, -0.2) is 9.59 Å². The minimum Gasteiger partial charge on any atom is -0.459 e. The smallest absolute Gasteiger partial charge is 0.411 e. The summed E-state index contributed by atoms with van der Waals surface area (Å²) in [5.41, 5.74) is 2.26. The van der Waals surface area contributed by atoms with Crippen LogP contribution in [0.5, 0.6) is 0 Å². The summed E-state index contributed by atoms with van der Waals surface area (Å²) in [5.74, 6) is -0.474. The van der Waals surface area contributed by atoms with E-state index in [1.807, 2.05) is 19.9 Å². The Hall–Kier alpha value is -3.62. The fourth-order valence-corrected chi connectivity index (χ4v) is 2.87. The lowest BCUT2D eigenvalue weighted by Gasteiger charge is -2.10. The Bertz CT molecular complexity index is 1120. The number of hydrogen-bond acceptors (Lipinski definition) is 7. The molecule has 9 nitrogen and oxygen atoms in total. The minimum atomic E-state index is -0.608. The number of aryl methyl sites for hydroxylation is 2. The Labute approximate surface area is 166 Å². The largest absolute Gasteiger partial charge is 0.459 e. The highest BCUT2D eigenvalue weighted by molar-refractivity contribution is 5.90. The fraction of sp³-hybridized carbons (Fsp3) is 0.300. The summed E-state index contributed by atoms with van der Waals surface area (Å²) in [6.45, 7) is 5.51. The van der Waals surface area contributed by atoms with Crippen LogP contribution in [-0.4, -0.2) is 28.4 Å². The molecule has 3 rings (SSSR count). The zero-order valence-corrected chi connectivity index (χ0v) is 16.4. The molecule has 0 saturated carbocycles. The van der Waals surface area contributed by atoms with E-state index in [1.165, 1.54) is 12.1 Å². The van der Waals surface area contributed by atoms with Crippen molar-refractivity contribution < 1.29 is 23.5 Å². The van der Waals surface area contributed by atoms with E-state index in [-0.39, 0.29) is 25.3 Å². The molecule has 0 aliphatic heterocycles. The molecule has 0 fully saturated rings. The molecule has 0 aliphatic carbocycles. The molecule has 1 N–H and O–H groups in total. The molecule has 0 atom stereocenters. The van der Waals surface area contributed by atoms with Crippen LogP contribution in [0.4, 0.5) is 10.5 Å². The summed E-state index contributed by atoms with van der Waals surface area (Å²) in [7, 11) is 0. The number of carbonyl (C=O) groups is 2. The summed E-state index contributed by atoms with van der Waals surface area (Å²) in [5, 5.41) is 7.36. The van der Waals surface area contributed by atoms with Gasteiger partial charge in [-0.2, -0.15) is 5.10 Å². The topological polar surface area (TPSA) is 113 Å². The van der Waals surface area contributed by atoms with Gasteiger partial charge < -0.3 is 13.9 Å². The van der Waals surface area contributed by atoms with Crippen LogP contribution in [0.25, 0.3) is 11.0 Å². The number of benzene rings is 1. The highest BCUT2D eigenvalue weighted by Gasteiger charge is 2.12. The molecule has 1 amide bonds. The maximum absolute atomic E-state index is 12.2. The van der Waals surface area contributed by atoms with Gasteiger partial charge in [0.1, 0.15) is 18.7 Å². The van der Waals surface area contributed by atoms with Crippen LogP contribution in [0.3, 0.4) is 0 Å². The average Bonchev–Trinajstić information content (AvgIpc) is 2.96. The molecule has 0 saturated heterocycles. The van der Waals surface area contributed by atoms with Gasteiger partial charge in [-0.15, -0.1) is 0 Å². The van der Waals surface area contributed by atoms with E-state index >= 15 is 0 Å². The molecular weight excluding hydrogens is 378 g/mol. The number of amides is 1. The van der Waals surface area contributed by atoms with Gasteiger partial charge in [0.05, 0.1) is 12.3 Å². The first-order valence-electron chi connectivity index (χ1n) is 9.03. The molecule has 152 valence electrons. The Kier molecular flexibility index (Phi) is 5.96. The van der Waals surface area contributed by atoms with Crippen LogP contribution < -0.4 is 10.9 Å². The SMILES string of the molecule is CCOC(=O)Nc1ccc2c(COC(=O)Cn3nc(C)cc3C)cc(=O)oc2c1. The van der Waals surface area contributed by atoms with Crippen molar-refractivity contribution in [1.29, 1.82) is 0 Å². The number of rotatable bonds is 6.